The van der Waals surface area contributed by atoms with E-state index >= 15 is 0 Å². The molecule has 2 nitrogen and oxygen atoms in total. The van der Waals surface area contributed by atoms with Crippen LogP contribution in [0.2, 0.25) is 0 Å². The summed E-state index contributed by atoms with van der Waals surface area (Å²) in [6.07, 6.45) is 3.69. The van der Waals surface area contributed by atoms with Crippen molar-refractivity contribution in [1.82, 2.24) is 10.2 Å². The molecule has 1 fully saturated rings. The molecule has 18 heavy (non-hydrogen) atoms. The van der Waals surface area contributed by atoms with Crippen LogP contribution in [0.25, 0.3) is 0 Å². The molecule has 0 aromatic heterocycles. The van der Waals surface area contributed by atoms with E-state index in [-0.39, 0.29) is 0 Å². The summed E-state index contributed by atoms with van der Waals surface area (Å²) in [5.41, 5.74) is 2.89. The summed E-state index contributed by atoms with van der Waals surface area (Å²) in [6, 6.07) is 10.4. The van der Waals surface area contributed by atoms with E-state index in [4.69, 9.17) is 0 Å². The van der Waals surface area contributed by atoms with Crippen LogP contribution in [-0.2, 0) is 6.42 Å². The third-order valence-electron chi connectivity index (χ3n) is 4.22. The lowest BCUT2D eigenvalue weighted by Gasteiger charge is -2.30. The van der Waals surface area contributed by atoms with Gasteiger partial charge in [0, 0.05) is 18.6 Å². The van der Waals surface area contributed by atoms with Gasteiger partial charge in [-0.1, -0.05) is 37.6 Å². The first kappa shape index (κ1) is 13.6. The number of rotatable bonds is 5. The van der Waals surface area contributed by atoms with Crippen molar-refractivity contribution in [2.75, 3.05) is 20.1 Å². The molecule has 1 N–H and O–H groups in total. The Labute approximate surface area is 111 Å². The molecule has 2 heteroatoms. The number of nitrogens with one attached hydrogen (secondary N) is 1. The van der Waals surface area contributed by atoms with E-state index in [9.17, 15) is 0 Å². The number of nitrogens with zero attached hydrogens (tertiary/aromatic N) is 1. The van der Waals surface area contributed by atoms with E-state index in [0.717, 1.165) is 13.1 Å². The SMILES string of the molecule is CCCc1ccc(C(C)N(C)C2CCNC2)cc1. The molecular weight excluding hydrogens is 220 g/mol. The van der Waals surface area contributed by atoms with Gasteiger partial charge >= 0.3 is 0 Å². The number of benzene rings is 1. The molecule has 0 amide bonds. The molecule has 2 unspecified atom stereocenters. The van der Waals surface area contributed by atoms with Gasteiger partial charge in [-0.05, 0) is 44.5 Å². The zero-order valence-corrected chi connectivity index (χ0v) is 11.9. The number of hydrogen-bond donors (Lipinski definition) is 1. The van der Waals surface area contributed by atoms with Gasteiger partial charge in [-0.3, -0.25) is 4.90 Å². The quantitative estimate of drug-likeness (QED) is 0.859. The Bertz CT molecular complexity index is 352. The highest BCUT2D eigenvalue weighted by molar-refractivity contribution is 5.25. The molecule has 0 radical (unpaired) electrons. The van der Waals surface area contributed by atoms with Crippen LogP contribution in [0.5, 0.6) is 0 Å². The van der Waals surface area contributed by atoms with Gasteiger partial charge in [0.05, 0.1) is 0 Å². The van der Waals surface area contributed by atoms with Crippen molar-refractivity contribution in [2.24, 2.45) is 0 Å². The second-order valence-electron chi connectivity index (χ2n) is 5.48. The van der Waals surface area contributed by atoms with Crippen molar-refractivity contribution in [3.8, 4) is 0 Å². The first-order chi connectivity index (χ1) is 8.72. The molecular formula is C16H26N2. The van der Waals surface area contributed by atoms with Crippen molar-refractivity contribution >= 4 is 0 Å². The molecule has 1 heterocycles. The van der Waals surface area contributed by atoms with Gasteiger partial charge in [0.15, 0.2) is 0 Å². The molecule has 2 rings (SSSR count). The normalized spacial score (nSPS) is 21.4. The van der Waals surface area contributed by atoms with Crippen LogP contribution >= 0.6 is 0 Å². The second kappa shape index (κ2) is 6.35. The Kier molecular flexibility index (Phi) is 4.79. The van der Waals surface area contributed by atoms with Crippen LogP contribution < -0.4 is 5.32 Å². The largest absolute Gasteiger partial charge is 0.315 e. The van der Waals surface area contributed by atoms with E-state index in [1.807, 2.05) is 0 Å². The third kappa shape index (κ3) is 3.12. The fraction of sp³-hybridized carbons (Fsp3) is 0.625. The maximum atomic E-state index is 3.44. The van der Waals surface area contributed by atoms with Gasteiger partial charge in [0.25, 0.3) is 0 Å². The van der Waals surface area contributed by atoms with Gasteiger partial charge in [-0.2, -0.15) is 0 Å². The first-order valence-corrected chi connectivity index (χ1v) is 7.24. The first-order valence-electron chi connectivity index (χ1n) is 7.24. The number of hydrogen-bond acceptors (Lipinski definition) is 2. The maximum absolute atomic E-state index is 3.44. The predicted octanol–water partition coefficient (Wildman–Crippen LogP) is 2.99. The molecule has 2 atom stereocenters. The summed E-state index contributed by atoms with van der Waals surface area (Å²) >= 11 is 0. The second-order valence-corrected chi connectivity index (χ2v) is 5.48. The molecule has 1 aromatic rings. The Balaban J connectivity index is 2.00. The Hall–Kier alpha value is -0.860. The zero-order valence-electron chi connectivity index (χ0n) is 11.9. The molecule has 0 spiro atoms. The van der Waals surface area contributed by atoms with E-state index in [1.165, 1.54) is 30.4 Å². The average Bonchev–Trinajstić information content (AvgIpc) is 2.92. The molecule has 100 valence electrons. The molecule has 0 aliphatic carbocycles. The fourth-order valence-corrected chi connectivity index (χ4v) is 2.79. The van der Waals surface area contributed by atoms with Crippen LogP contribution in [0.1, 0.15) is 43.9 Å². The lowest BCUT2D eigenvalue weighted by Crippen LogP contribution is -2.35. The number of aryl methyl sites for hydroxylation is 1. The summed E-state index contributed by atoms with van der Waals surface area (Å²) in [7, 11) is 2.25. The van der Waals surface area contributed by atoms with Crippen molar-refractivity contribution in [3.05, 3.63) is 35.4 Å². The molecule has 1 saturated heterocycles. The van der Waals surface area contributed by atoms with E-state index in [0.29, 0.717) is 12.1 Å². The third-order valence-corrected chi connectivity index (χ3v) is 4.22. The molecule has 0 saturated carbocycles. The summed E-state index contributed by atoms with van der Waals surface area (Å²) in [4.78, 5) is 2.51. The lowest BCUT2D eigenvalue weighted by molar-refractivity contribution is 0.197. The van der Waals surface area contributed by atoms with E-state index < -0.39 is 0 Å². The van der Waals surface area contributed by atoms with Crippen LogP contribution in [0, 0.1) is 0 Å². The topological polar surface area (TPSA) is 15.3 Å². The summed E-state index contributed by atoms with van der Waals surface area (Å²) in [5.74, 6) is 0. The van der Waals surface area contributed by atoms with Crippen LogP contribution in [0.3, 0.4) is 0 Å². The average molecular weight is 246 g/mol. The minimum atomic E-state index is 0.505. The lowest BCUT2D eigenvalue weighted by atomic mass is 10.0. The molecule has 1 aliphatic heterocycles. The van der Waals surface area contributed by atoms with Gasteiger partial charge in [0.1, 0.15) is 0 Å². The van der Waals surface area contributed by atoms with Gasteiger partial charge < -0.3 is 5.32 Å². The van der Waals surface area contributed by atoms with Crippen LogP contribution in [0.15, 0.2) is 24.3 Å². The van der Waals surface area contributed by atoms with Crippen molar-refractivity contribution in [3.63, 3.8) is 0 Å². The molecule has 1 aromatic carbocycles. The summed E-state index contributed by atoms with van der Waals surface area (Å²) in [5, 5.41) is 3.44. The van der Waals surface area contributed by atoms with Crippen molar-refractivity contribution in [1.29, 1.82) is 0 Å². The monoisotopic (exact) mass is 246 g/mol. The summed E-state index contributed by atoms with van der Waals surface area (Å²) in [6.45, 7) is 6.84. The standard InChI is InChI=1S/C16H26N2/c1-4-5-14-6-8-15(9-7-14)13(2)18(3)16-10-11-17-12-16/h6-9,13,16-17H,4-5,10-12H2,1-3H3. The predicted molar refractivity (Wildman–Crippen MR) is 77.9 cm³/mol. The van der Waals surface area contributed by atoms with Crippen LogP contribution in [-0.4, -0.2) is 31.1 Å². The maximum Gasteiger partial charge on any atom is 0.0320 e. The van der Waals surface area contributed by atoms with Gasteiger partial charge in [-0.25, -0.2) is 0 Å². The highest BCUT2D eigenvalue weighted by Crippen LogP contribution is 2.23. The highest BCUT2D eigenvalue weighted by Gasteiger charge is 2.23. The Morgan fingerprint density at radius 3 is 2.61 bits per heavy atom. The van der Waals surface area contributed by atoms with Gasteiger partial charge in [0.2, 0.25) is 0 Å². The van der Waals surface area contributed by atoms with E-state index in [1.54, 1.807) is 0 Å². The Morgan fingerprint density at radius 1 is 1.33 bits per heavy atom. The fourth-order valence-electron chi connectivity index (χ4n) is 2.79. The summed E-state index contributed by atoms with van der Waals surface area (Å²) < 4.78 is 0. The van der Waals surface area contributed by atoms with Crippen molar-refractivity contribution < 1.29 is 0 Å². The zero-order chi connectivity index (χ0) is 13.0. The smallest absolute Gasteiger partial charge is 0.0320 e. The Morgan fingerprint density at radius 2 is 2.06 bits per heavy atom. The minimum Gasteiger partial charge on any atom is -0.315 e. The minimum absolute atomic E-state index is 0.505. The van der Waals surface area contributed by atoms with Crippen LogP contribution in [0.4, 0.5) is 0 Å². The van der Waals surface area contributed by atoms with E-state index in [2.05, 4.69) is 55.4 Å². The number of likely N-dealkylation sites (N-methyl/N-ethyl adjacent to an activating group) is 1. The molecule has 1 aliphatic rings. The van der Waals surface area contributed by atoms with Crippen molar-refractivity contribution in [2.45, 2.75) is 45.2 Å². The highest BCUT2D eigenvalue weighted by atomic mass is 15.2. The molecule has 0 bridgehead atoms. The van der Waals surface area contributed by atoms with Gasteiger partial charge in [-0.15, -0.1) is 0 Å².